The second-order valence-corrected chi connectivity index (χ2v) is 5.00. The van der Waals surface area contributed by atoms with Gasteiger partial charge < -0.3 is 14.8 Å². The van der Waals surface area contributed by atoms with Crippen molar-refractivity contribution in [1.82, 2.24) is 0 Å². The molecule has 0 bridgehead atoms. The standard InChI is InChI=1S/C18H16N2O4/c1-12-6-7-14(9-16(12)23-2)18(22)24-11-17(21)20-15-5-3-4-13(8-15)10-19/h3-9H,11H2,1-2H3,(H,20,21). The Bertz CT molecular complexity index is 809. The maximum Gasteiger partial charge on any atom is 0.338 e. The number of carbonyl (C=O) groups excluding carboxylic acids is 2. The number of hydrogen-bond donors (Lipinski definition) is 1. The summed E-state index contributed by atoms with van der Waals surface area (Å²) in [4.78, 5) is 23.8. The van der Waals surface area contributed by atoms with Gasteiger partial charge >= 0.3 is 5.97 Å². The number of nitrogens with zero attached hydrogens (tertiary/aromatic N) is 1. The zero-order valence-corrected chi connectivity index (χ0v) is 13.3. The predicted molar refractivity (Wildman–Crippen MR) is 87.8 cm³/mol. The molecule has 0 aromatic heterocycles. The lowest BCUT2D eigenvalue weighted by Crippen LogP contribution is -2.21. The second-order valence-electron chi connectivity index (χ2n) is 5.00. The van der Waals surface area contributed by atoms with E-state index in [2.05, 4.69) is 5.32 Å². The molecule has 0 aliphatic heterocycles. The van der Waals surface area contributed by atoms with Gasteiger partial charge in [0.15, 0.2) is 6.61 Å². The SMILES string of the molecule is COc1cc(C(=O)OCC(=O)Nc2cccc(C#N)c2)ccc1C. The first-order valence-electron chi connectivity index (χ1n) is 7.15. The van der Waals surface area contributed by atoms with Crippen molar-refractivity contribution in [3.05, 3.63) is 59.2 Å². The van der Waals surface area contributed by atoms with E-state index in [0.29, 0.717) is 22.6 Å². The zero-order chi connectivity index (χ0) is 17.5. The minimum Gasteiger partial charge on any atom is -0.496 e. The fraction of sp³-hybridized carbons (Fsp3) is 0.167. The lowest BCUT2D eigenvalue weighted by Gasteiger charge is -2.09. The Labute approximate surface area is 139 Å². The Kier molecular flexibility index (Phi) is 5.53. The molecule has 2 aromatic carbocycles. The molecule has 0 atom stereocenters. The highest BCUT2D eigenvalue weighted by Gasteiger charge is 2.12. The summed E-state index contributed by atoms with van der Waals surface area (Å²) >= 11 is 0. The van der Waals surface area contributed by atoms with Crippen molar-refractivity contribution in [3.8, 4) is 11.8 Å². The minimum absolute atomic E-state index is 0.303. The number of nitriles is 1. The number of carbonyl (C=O) groups is 2. The fourth-order valence-corrected chi connectivity index (χ4v) is 2.02. The molecule has 2 rings (SSSR count). The number of aryl methyl sites for hydroxylation is 1. The number of anilines is 1. The van der Waals surface area contributed by atoms with Crippen LogP contribution in [-0.4, -0.2) is 25.6 Å². The van der Waals surface area contributed by atoms with Gasteiger partial charge in [-0.2, -0.15) is 5.26 Å². The highest BCUT2D eigenvalue weighted by molar-refractivity contribution is 5.95. The van der Waals surface area contributed by atoms with Gasteiger partial charge in [0.05, 0.1) is 24.3 Å². The molecule has 6 nitrogen and oxygen atoms in total. The van der Waals surface area contributed by atoms with Gasteiger partial charge in [0, 0.05) is 5.69 Å². The van der Waals surface area contributed by atoms with Crippen LogP contribution in [0.2, 0.25) is 0 Å². The van der Waals surface area contributed by atoms with E-state index in [1.165, 1.54) is 13.2 Å². The minimum atomic E-state index is -0.616. The molecule has 0 heterocycles. The molecule has 0 aliphatic carbocycles. The van der Waals surface area contributed by atoms with E-state index in [9.17, 15) is 9.59 Å². The molecule has 0 saturated heterocycles. The van der Waals surface area contributed by atoms with Crippen molar-refractivity contribution in [2.75, 3.05) is 19.0 Å². The van der Waals surface area contributed by atoms with Crippen LogP contribution < -0.4 is 10.1 Å². The van der Waals surface area contributed by atoms with Crippen LogP contribution >= 0.6 is 0 Å². The van der Waals surface area contributed by atoms with E-state index < -0.39 is 18.5 Å². The summed E-state index contributed by atoms with van der Waals surface area (Å²) in [6.45, 7) is 1.43. The van der Waals surface area contributed by atoms with Gasteiger partial charge in [0.25, 0.3) is 5.91 Å². The summed E-state index contributed by atoms with van der Waals surface area (Å²) in [6, 6.07) is 13.3. The van der Waals surface area contributed by atoms with Crippen molar-refractivity contribution in [2.45, 2.75) is 6.92 Å². The molecule has 0 fully saturated rings. The van der Waals surface area contributed by atoms with Crippen LogP contribution in [0.15, 0.2) is 42.5 Å². The van der Waals surface area contributed by atoms with Crippen LogP contribution in [0.25, 0.3) is 0 Å². The number of rotatable bonds is 5. The first kappa shape index (κ1) is 17.0. The Morgan fingerprint density at radius 2 is 2.00 bits per heavy atom. The van der Waals surface area contributed by atoms with Gasteiger partial charge in [-0.1, -0.05) is 12.1 Å². The summed E-state index contributed by atoms with van der Waals surface area (Å²) in [5, 5.41) is 11.4. The molecule has 2 aromatic rings. The maximum absolute atomic E-state index is 12.0. The quantitative estimate of drug-likeness (QED) is 0.854. The van der Waals surface area contributed by atoms with E-state index in [-0.39, 0.29) is 0 Å². The van der Waals surface area contributed by atoms with Crippen LogP contribution in [0.5, 0.6) is 5.75 Å². The van der Waals surface area contributed by atoms with Crippen LogP contribution in [0.3, 0.4) is 0 Å². The van der Waals surface area contributed by atoms with E-state index in [4.69, 9.17) is 14.7 Å². The van der Waals surface area contributed by atoms with E-state index in [1.54, 1.807) is 36.4 Å². The van der Waals surface area contributed by atoms with Gasteiger partial charge in [-0.15, -0.1) is 0 Å². The van der Waals surface area contributed by atoms with Gasteiger partial charge in [-0.25, -0.2) is 4.79 Å². The third-order valence-corrected chi connectivity index (χ3v) is 3.25. The Morgan fingerprint density at radius 3 is 2.71 bits per heavy atom. The Morgan fingerprint density at radius 1 is 1.21 bits per heavy atom. The summed E-state index contributed by atoms with van der Waals surface area (Å²) in [6.07, 6.45) is 0. The van der Waals surface area contributed by atoms with Crippen molar-refractivity contribution >= 4 is 17.6 Å². The highest BCUT2D eigenvalue weighted by Crippen LogP contribution is 2.19. The molecule has 0 radical (unpaired) electrons. The molecule has 0 saturated carbocycles. The van der Waals surface area contributed by atoms with Crippen LogP contribution in [0.4, 0.5) is 5.69 Å². The average molecular weight is 324 g/mol. The summed E-state index contributed by atoms with van der Waals surface area (Å²) in [7, 11) is 1.51. The van der Waals surface area contributed by atoms with Crippen LogP contribution in [-0.2, 0) is 9.53 Å². The summed E-state index contributed by atoms with van der Waals surface area (Å²) in [5.41, 5.74) is 2.09. The normalized spacial score (nSPS) is 9.71. The fourth-order valence-electron chi connectivity index (χ4n) is 2.02. The number of benzene rings is 2. The topological polar surface area (TPSA) is 88.4 Å². The van der Waals surface area contributed by atoms with Crippen molar-refractivity contribution in [3.63, 3.8) is 0 Å². The number of nitrogens with one attached hydrogen (secondary N) is 1. The van der Waals surface area contributed by atoms with E-state index in [0.717, 1.165) is 5.56 Å². The van der Waals surface area contributed by atoms with E-state index >= 15 is 0 Å². The molecule has 122 valence electrons. The third kappa shape index (κ3) is 4.34. The maximum atomic E-state index is 12.0. The second kappa shape index (κ2) is 7.79. The van der Waals surface area contributed by atoms with Gasteiger partial charge in [-0.3, -0.25) is 4.79 Å². The molecule has 1 N–H and O–H groups in total. The van der Waals surface area contributed by atoms with Gasteiger partial charge in [0.2, 0.25) is 0 Å². The van der Waals surface area contributed by atoms with Crippen molar-refractivity contribution < 1.29 is 19.1 Å². The third-order valence-electron chi connectivity index (χ3n) is 3.25. The number of methoxy groups -OCH3 is 1. The first-order valence-corrected chi connectivity index (χ1v) is 7.15. The van der Waals surface area contributed by atoms with Crippen molar-refractivity contribution in [1.29, 1.82) is 5.26 Å². The number of amides is 1. The molecular weight excluding hydrogens is 308 g/mol. The molecule has 0 aliphatic rings. The number of esters is 1. The van der Waals surface area contributed by atoms with Gasteiger partial charge in [0.1, 0.15) is 5.75 Å². The lowest BCUT2D eigenvalue weighted by molar-refractivity contribution is -0.119. The number of hydrogen-bond acceptors (Lipinski definition) is 5. The highest BCUT2D eigenvalue weighted by atomic mass is 16.5. The molecule has 24 heavy (non-hydrogen) atoms. The largest absolute Gasteiger partial charge is 0.496 e. The average Bonchev–Trinajstić information content (AvgIpc) is 2.60. The molecule has 1 amide bonds. The van der Waals surface area contributed by atoms with Crippen molar-refractivity contribution in [2.24, 2.45) is 0 Å². The Balaban J connectivity index is 1.93. The zero-order valence-electron chi connectivity index (χ0n) is 13.3. The lowest BCUT2D eigenvalue weighted by atomic mass is 10.1. The molecule has 0 spiro atoms. The molecule has 0 unspecified atom stereocenters. The Hall–Kier alpha value is -3.33. The monoisotopic (exact) mass is 324 g/mol. The first-order chi connectivity index (χ1) is 11.5. The number of ether oxygens (including phenoxy) is 2. The smallest absolute Gasteiger partial charge is 0.338 e. The molecule has 6 heteroatoms. The van der Waals surface area contributed by atoms with Crippen LogP contribution in [0, 0.1) is 18.3 Å². The van der Waals surface area contributed by atoms with Crippen LogP contribution in [0.1, 0.15) is 21.5 Å². The summed E-state index contributed by atoms with van der Waals surface area (Å²) < 4.78 is 10.1. The molecular formula is C18H16N2O4. The summed E-state index contributed by atoms with van der Waals surface area (Å²) in [5.74, 6) is -0.533. The predicted octanol–water partition coefficient (Wildman–Crippen LogP) is 2.67. The van der Waals surface area contributed by atoms with E-state index in [1.807, 2.05) is 13.0 Å². The van der Waals surface area contributed by atoms with Gasteiger partial charge in [-0.05, 0) is 42.8 Å².